The fraction of sp³-hybridized carbons (Fsp3) is 0.750. The molecule has 1 heterocycles. The first-order chi connectivity index (χ1) is 8.58. The van der Waals surface area contributed by atoms with Crippen LogP contribution in [0.25, 0.3) is 0 Å². The van der Waals surface area contributed by atoms with Crippen molar-refractivity contribution >= 4 is 5.91 Å². The van der Waals surface area contributed by atoms with Crippen molar-refractivity contribution in [1.29, 1.82) is 0 Å². The predicted octanol–water partition coefficient (Wildman–Crippen LogP) is 0.863. The Morgan fingerprint density at radius 2 is 2.22 bits per heavy atom. The molecule has 0 bridgehead atoms. The lowest BCUT2D eigenvalue weighted by molar-refractivity contribution is -0.124. The molecule has 0 saturated carbocycles. The van der Waals surface area contributed by atoms with Crippen LogP contribution in [0, 0.1) is 0 Å². The van der Waals surface area contributed by atoms with Gasteiger partial charge in [0.05, 0.1) is 11.9 Å². The second-order valence-electron chi connectivity index (χ2n) is 4.59. The standard InChI is InChI=1S/C12H23N5O/c1-5-6-9(2)14-12(18)10(3)17-8-11(7-13-4)15-16-17/h8-10,13H,5-7H2,1-4H3,(H,14,18). The number of nitrogens with zero attached hydrogens (tertiary/aromatic N) is 3. The van der Waals surface area contributed by atoms with Crippen LogP contribution in [0.3, 0.4) is 0 Å². The van der Waals surface area contributed by atoms with Crippen molar-refractivity contribution < 1.29 is 4.79 Å². The lowest BCUT2D eigenvalue weighted by Gasteiger charge is -2.16. The fourth-order valence-corrected chi connectivity index (χ4v) is 1.75. The average molecular weight is 253 g/mol. The van der Waals surface area contributed by atoms with E-state index in [0.29, 0.717) is 6.54 Å². The minimum atomic E-state index is -0.331. The summed E-state index contributed by atoms with van der Waals surface area (Å²) in [5, 5.41) is 13.9. The second-order valence-corrected chi connectivity index (χ2v) is 4.59. The monoisotopic (exact) mass is 253 g/mol. The molecule has 2 N–H and O–H groups in total. The summed E-state index contributed by atoms with van der Waals surface area (Å²) in [5.41, 5.74) is 0.832. The number of carbonyl (C=O) groups is 1. The van der Waals surface area contributed by atoms with Gasteiger partial charge in [-0.1, -0.05) is 18.6 Å². The van der Waals surface area contributed by atoms with Gasteiger partial charge in [-0.2, -0.15) is 0 Å². The highest BCUT2D eigenvalue weighted by Gasteiger charge is 2.18. The highest BCUT2D eigenvalue weighted by molar-refractivity contribution is 5.79. The summed E-state index contributed by atoms with van der Waals surface area (Å²) in [4.78, 5) is 12.0. The van der Waals surface area contributed by atoms with Crippen LogP contribution in [0.2, 0.25) is 0 Å². The highest BCUT2D eigenvalue weighted by atomic mass is 16.2. The molecule has 18 heavy (non-hydrogen) atoms. The maximum absolute atomic E-state index is 12.0. The molecule has 2 unspecified atom stereocenters. The van der Waals surface area contributed by atoms with E-state index in [1.54, 1.807) is 10.9 Å². The molecule has 0 aliphatic heterocycles. The first-order valence-electron chi connectivity index (χ1n) is 6.44. The van der Waals surface area contributed by atoms with Crippen molar-refractivity contribution in [3.63, 3.8) is 0 Å². The normalized spacial score (nSPS) is 14.2. The average Bonchev–Trinajstić information content (AvgIpc) is 2.77. The molecule has 0 radical (unpaired) electrons. The van der Waals surface area contributed by atoms with Crippen molar-refractivity contribution in [2.75, 3.05) is 7.05 Å². The molecular weight excluding hydrogens is 230 g/mol. The molecule has 0 aromatic carbocycles. The second kappa shape index (κ2) is 7.10. The van der Waals surface area contributed by atoms with E-state index in [-0.39, 0.29) is 18.0 Å². The van der Waals surface area contributed by atoms with Crippen LogP contribution in [0.4, 0.5) is 0 Å². The number of aromatic nitrogens is 3. The Labute approximate surface area is 108 Å². The molecule has 6 heteroatoms. The number of hydrogen-bond donors (Lipinski definition) is 2. The Morgan fingerprint density at radius 1 is 1.50 bits per heavy atom. The summed E-state index contributed by atoms with van der Waals surface area (Å²) >= 11 is 0. The Balaban J connectivity index is 2.56. The van der Waals surface area contributed by atoms with Crippen LogP contribution < -0.4 is 10.6 Å². The van der Waals surface area contributed by atoms with Crippen molar-refractivity contribution in [3.05, 3.63) is 11.9 Å². The van der Waals surface area contributed by atoms with Crippen molar-refractivity contribution in [2.45, 2.75) is 52.2 Å². The van der Waals surface area contributed by atoms with E-state index in [4.69, 9.17) is 0 Å². The van der Waals surface area contributed by atoms with E-state index in [9.17, 15) is 4.79 Å². The summed E-state index contributed by atoms with van der Waals surface area (Å²) < 4.78 is 1.60. The van der Waals surface area contributed by atoms with E-state index >= 15 is 0 Å². The molecule has 1 rings (SSSR count). The zero-order valence-corrected chi connectivity index (χ0v) is 11.6. The maximum atomic E-state index is 12.0. The van der Waals surface area contributed by atoms with Crippen molar-refractivity contribution in [1.82, 2.24) is 25.6 Å². The zero-order valence-electron chi connectivity index (χ0n) is 11.6. The quantitative estimate of drug-likeness (QED) is 0.756. The minimum absolute atomic E-state index is 0.0168. The zero-order chi connectivity index (χ0) is 13.5. The molecule has 0 aliphatic carbocycles. The third-order valence-corrected chi connectivity index (χ3v) is 2.80. The molecule has 1 aromatic heterocycles. The number of rotatable bonds is 7. The molecule has 102 valence electrons. The summed E-state index contributed by atoms with van der Waals surface area (Å²) in [6, 6.07) is -0.132. The van der Waals surface area contributed by atoms with E-state index < -0.39 is 0 Å². The van der Waals surface area contributed by atoms with Gasteiger partial charge in [-0.05, 0) is 27.3 Å². The lowest BCUT2D eigenvalue weighted by atomic mass is 10.2. The van der Waals surface area contributed by atoms with Gasteiger partial charge >= 0.3 is 0 Å². The van der Waals surface area contributed by atoms with Crippen LogP contribution in [0.5, 0.6) is 0 Å². The van der Waals surface area contributed by atoms with E-state index in [1.807, 2.05) is 20.9 Å². The van der Waals surface area contributed by atoms with Crippen LogP contribution in [0.1, 0.15) is 45.3 Å². The molecule has 2 atom stereocenters. The molecule has 0 fully saturated rings. The highest BCUT2D eigenvalue weighted by Crippen LogP contribution is 2.06. The Morgan fingerprint density at radius 3 is 2.83 bits per heavy atom. The molecule has 1 aromatic rings. The lowest BCUT2D eigenvalue weighted by Crippen LogP contribution is -2.37. The van der Waals surface area contributed by atoms with Crippen LogP contribution in [-0.2, 0) is 11.3 Å². The van der Waals surface area contributed by atoms with Gasteiger partial charge in [0.2, 0.25) is 5.91 Å². The molecule has 0 aliphatic rings. The Bertz CT molecular complexity index is 376. The van der Waals surface area contributed by atoms with Gasteiger partial charge in [0.25, 0.3) is 0 Å². The smallest absolute Gasteiger partial charge is 0.244 e. The fourth-order valence-electron chi connectivity index (χ4n) is 1.75. The number of nitrogens with one attached hydrogen (secondary N) is 2. The maximum Gasteiger partial charge on any atom is 0.244 e. The molecular formula is C12H23N5O. The number of carbonyl (C=O) groups excluding carboxylic acids is 1. The molecule has 6 nitrogen and oxygen atoms in total. The van der Waals surface area contributed by atoms with Gasteiger partial charge in [-0.3, -0.25) is 4.79 Å². The minimum Gasteiger partial charge on any atom is -0.352 e. The van der Waals surface area contributed by atoms with Gasteiger partial charge in [0, 0.05) is 12.6 Å². The van der Waals surface area contributed by atoms with Gasteiger partial charge < -0.3 is 10.6 Å². The molecule has 0 saturated heterocycles. The van der Waals surface area contributed by atoms with E-state index in [0.717, 1.165) is 18.5 Å². The summed E-state index contributed by atoms with van der Waals surface area (Å²) in [6.45, 7) is 6.60. The predicted molar refractivity (Wildman–Crippen MR) is 70.0 cm³/mol. The topological polar surface area (TPSA) is 71.8 Å². The number of amides is 1. The van der Waals surface area contributed by atoms with Crippen molar-refractivity contribution in [2.24, 2.45) is 0 Å². The first kappa shape index (κ1) is 14.6. The van der Waals surface area contributed by atoms with Gasteiger partial charge in [-0.25, -0.2) is 4.68 Å². The summed E-state index contributed by atoms with van der Waals surface area (Å²) in [7, 11) is 1.85. The first-order valence-corrected chi connectivity index (χ1v) is 6.44. The van der Waals surface area contributed by atoms with Crippen LogP contribution in [0.15, 0.2) is 6.20 Å². The molecule has 0 spiro atoms. The Hall–Kier alpha value is -1.43. The van der Waals surface area contributed by atoms with Gasteiger partial charge in [-0.15, -0.1) is 5.10 Å². The largest absolute Gasteiger partial charge is 0.352 e. The third kappa shape index (κ3) is 4.10. The third-order valence-electron chi connectivity index (χ3n) is 2.80. The van der Waals surface area contributed by atoms with E-state index in [2.05, 4.69) is 27.9 Å². The summed E-state index contributed by atoms with van der Waals surface area (Å²) in [5.74, 6) is -0.0168. The van der Waals surface area contributed by atoms with E-state index in [1.165, 1.54) is 0 Å². The van der Waals surface area contributed by atoms with Crippen molar-refractivity contribution in [3.8, 4) is 0 Å². The Kier molecular flexibility index (Phi) is 5.77. The van der Waals surface area contributed by atoms with Gasteiger partial charge in [0.1, 0.15) is 6.04 Å². The van der Waals surface area contributed by atoms with Gasteiger partial charge in [0.15, 0.2) is 0 Å². The SMILES string of the molecule is CCCC(C)NC(=O)C(C)n1cc(CNC)nn1. The number of hydrogen-bond acceptors (Lipinski definition) is 4. The molecule has 1 amide bonds. The summed E-state index contributed by atoms with van der Waals surface area (Å²) in [6.07, 6.45) is 3.84. The van der Waals surface area contributed by atoms with Crippen LogP contribution in [-0.4, -0.2) is 34.0 Å². The van der Waals surface area contributed by atoms with Crippen LogP contribution >= 0.6 is 0 Å².